The van der Waals surface area contributed by atoms with Gasteiger partial charge in [-0.05, 0) is 46.5 Å². The summed E-state index contributed by atoms with van der Waals surface area (Å²) in [6.07, 6.45) is -0.952. The van der Waals surface area contributed by atoms with Crippen molar-refractivity contribution in [3.63, 3.8) is 0 Å². The topological polar surface area (TPSA) is 59.3 Å². The van der Waals surface area contributed by atoms with Crippen LogP contribution in [0.5, 0.6) is 0 Å². The Labute approximate surface area is 135 Å². The van der Waals surface area contributed by atoms with Crippen LogP contribution in [0.3, 0.4) is 0 Å². The van der Waals surface area contributed by atoms with Crippen LogP contribution in [0.4, 0.5) is 24.7 Å². The zero-order valence-corrected chi connectivity index (χ0v) is 12.5. The smallest absolute Gasteiger partial charge is 0.361 e. The number of alkyl halides is 3. The van der Waals surface area contributed by atoms with E-state index in [1.165, 1.54) is 24.4 Å². The predicted octanol–water partition coefficient (Wildman–Crippen LogP) is 4.18. The molecule has 1 aromatic carbocycles. The molecule has 1 aromatic heterocycles. The van der Waals surface area contributed by atoms with Crippen molar-refractivity contribution >= 4 is 11.5 Å². The van der Waals surface area contributed by atoms with E-state index in [1.807, 2.05) is 4.90 Å². The number of halogens is 3. The second kappa shape index (κ2) is 6.10. The minimum atomic E-state index is -4.35. The highest BCUT2D eigenvalue weighted by atomic mass is 19.4. The third-order valence-electron chi connectivity index (χ3n) is 3.87. The van der Waals surface area contributed by atoms with E-state index >= 15 is 0 Å². The van der Waals surface area contributed by atoms with Crippen LogP contribution < -0.4 is 4.90 Å². The molecule has 24 heavy (non-hydrogen) atoms. The second-order valence-electron chi connectivity index (χ2n) is 5.69. The number of nitrogens with zero attached hydrogens (tertiary/aromatic N) is 3. The maximum atomic E-state index is 12.6. The maximum absolute atomic E-state index is 12.6. The molecule has 0 aliphatic heterocycles. The van der Waals surface area contributed by atoms with Crippen LogP contribution in [0.15, 0.2) is 42.6 Å². The fourth-order valence-corrected chi connectivity index (χ4v) is 2.47. The minimum Gasteiger partial charge on any atom is -0.361 e. The number of aromatic nitrogens is 1. The van der Waals surface area contributed by atoms with Crippen molar-refractivity contribution in [3.05, 3.63) is 63.8 Å². The molecule has 1 saturated carbocycles. The van der Waals surface area contributed by atoms with Crippen LogP contribution in [0.1, 0.15) is 24.0 Å². The van der Waals surface area contributed by atoms with Gasteiger partial charge in [0.05, 0.1) is 11.3 Å². The highest BCUT2D eigenvalue weighted by Gasteiger charge is 2.32. The molecule has 0 bridgehead atoms. The van der Waals surface area contributed by atoms with E-state index in [2.05, 4.69) is 4.98 Å². The summed E-state index contributed by atoms with van der Waals surface area (Å²) in [7, 11) is 0. The molecule has 3 rings (SSSR count). The van der Waals surface area contributed by atoms with Gasteiger partial charge in [0.1, 0.15) is 0 Å². The third kappa shape index (κ3) is 3.64. The van der Waals surface area contributed by atoms with Crippen molar-refractivity contribution < 1.29 is 18.1 Å². The van der Waals surface area contributed by atoms with Gasteiger partial charge in [-0.2, -0.15) is 13.2 Å². The van der Waals surface area contributed by atoms with Gasteiger partial charge in [-0.25, -0.2) is 0 Å². The Hall–Kier alpha value is -2.64. The Bertz CT molecular complexity index is 726. The number of hydrogen-bond donors (Lipinski definition) is 0. The van der Waals surface area contributed by atoms with Crippen molar-refractivity contribution in [1.29, 1.82) is 0 Å². The zero-order chi connectivity index (χ0) is 17.3. The summed E-state index contributed by atoms with van der Waals surface area (Å²) in [5.74, 6) is -0.232. The van der Waals surface area contributed by atoms with Gasteiger partial charge in [-0.15, -0.1) is 0 Å². The first-order valence-corrected chi connectivity index (χ1v) is 7.38. The summed E-state index contributed by atoms with van der Waals surface area (Å²) in [4.78, 5) is 15.9. The molecular formula is C16H14F3N3O2. The molecule has 0 atom stereocenters. The molecule has 0 spiro atoms. The standard InChI is InChI=1S/C16H14F3N3O2/c17-16(18,19)12-3-1-11(2-4-12)10-21(13-5-6-13)14-7-8-15(20-9-14)22(23)24/h1-4,7-9,13H,5-6,10H2. The predicted molar refractivity (Wildman–Crippen MR) is 81.5 cm³/mol. The first-order valence-electron chi connectivity index (χ1n) is 7.38. The Morgan fingerprint density at radius 1 is 1.17 bits per heavy atom. The van der Waals surface area contributed by atoms with Gasteiger partial charge in [-0.3, -0.25) is 0 Å². The van der Waals surface area contributed by atoms with Crippen molar-refractivity contribution in [3.8, 4) is 0 Å². The van der Waals surface area contributed by atoms with Crippen LogP contribution >= 0.6 is 0 Å². The van der Waals surface area contributed by atoms with E-state index in [9.17, 15) is 23.3 Å². The fraction of sp³-hybridized carbons (Fsp3) is 0.312. The molecular weight excluding hydrogens is 323 g/mol. The lowest BCUT2D eigenvalue weighted by molar-refractivity contribution is -0.389. The normalized spacial score (nSPS) is 14.5. The number of pyridine rings is 1. The van der Waals surface area contributed by atoms with Crippen molar-refractivity contribution in [1.82, 2.24) is 4.98 Å². The molecule has 126 valence electrons. The van der Waals surface area contributed by atoms with Gasteiger partial charge in [0.15, 0.2) is 6.20 Å². The highest BCUT2D eigenvalue weighted by molar-refractivity contribution is 5.49. The van der Waals surface area contributed by atoms with Crippen molar-refractivity contribution in [2.45, 2.75) is 31.6 Å². The van der Waals surface area contributed by atoms with Crippen LogP contribution in [0.2, 0.25) is 0 Å². The summed E-state index contributed by atoms with van der Waals surface area (Å²) in [6, 6.07) is 8.28. The average molecular weight is 337 g/mol. The van der Waals surface area contributed by atoms with E-state index in [0.717, 1.165) is 36.2 Å². The number of anilines is 1. The highest BCUT2D eigenvalue weighted by Crippen LogP contribution is 2.34. The zero-order valence-electron chi connectivity index (χ0n) is 12.5. The summed E-state index contributed by atoms with van der Waals surface area (Å²) in [5.41, 5.74) is 0.789. The van der Waals surface area contributed by atoms with Crippen molar-refractivity contribution in [2.75, 3.05) is 4.90 Å². The lowest BCUT2D eigenvalue weighted by atomic mass is 10.1. The van der Waals surface area contributed by atoms with Gasteiger partial charge in [0, 0.05) is 18.7 Å². The SMILES string of the molecule is O=[N+]([O-])c1ccc(N(Cc2ccc(C(F)(F)F)cc2)C2CC2)cn1. The van der Waals surface area contributed by atoms with Crippen LogP contribution in [0.25, 0.3) is 0 Å². The molecule has 5 nitrogen and oxygen atoms in total. The molecule has 0 unspecified atom stereocenters. The first kappa shape index (κ1) is 16.2. The molecule has 1 aliphatic rings. The minimum absolute atomic E-state index is 0.232. The Kier molecular flexibility index (Phi) is 4.13. The molecule has 0 radical (unpaired) electrons. The largest absolute Gasteiger partial charge is 0.416 e. The van der Waals surface area contributed by atoms with Gasteiger partial charge < -0.3 is 15.0 Å². The molecule has 2 aromatic rings. The molecule has 0 N–H and O–H groups in total. The fourth-order valence-electron chi connectivity index (χ4n) is 2.47. The Morgan fingerprint density at radius 2 is 1.83 bits per heavy atom. The summed E-state index contributed by atoms with van der Waals surface area (Å²) in [6.45, 7) is 0.433. The lowest BCUT2D eigenvalue weighted by Gasteiger charge is -2.23. The molecule has 1 heterocycles. The van der Waals surface area contributed by atoms with Crippen LogP contribution in [-0.2, 0) is 12.7 Å². The lowest BCUT2D eigenvalue weighted by Crippen LogP contribution is -2.25. The molecule has 0 amide bonds. The van der Waals surface area contributed by atoms with Gasteiger partial charge >= 0.3 is 12.0 Å². The van der Waals surface area contributed by atoms with E-state index in [1.54, 1.807) is 6.07 Å². The number of rotatable bonds is 5. The Morgan fingerprint density at radius 3 is 2.29 bits per heavy atom. The van der Waals surface area contributed by atoms with E-state index < -0.39 is 16.7 Å². The maximum Gasteiger partial charge on any atom is 0.416 e. The van der Waals surface area contributed by atoms with Gasteiger partial charge in [-0.1, -0.05) is 12.1 Å². The van der Waals surface area contributed by atoms with Gasteiger partial charge in [0.25, 0.3) is 0 Å². The summed E-state index contributed by atoms with van der Waals surface area (Å²) in [5, 5.41) is 10.7. The summed E-state index contributed by atoms with van der Waals surface area (Å²) < 4.78 is 37.8. The van der Waals surface area contributed by atoms with Gasteiger partial charge in [0.2, 0.25) is 0 Å². The molecule has 1 fully saturated rings. The first-order chi connectivity index (χ1) is 11.3. The quantitative estimate of drug-likeness (QED) is 0.607. The van der Waals surface area contributed by atoms with E-state index in [-0.39, 0.29) is 11.9 Å². The van der Waals surface area contributed by atoms with Crippen LogP contribution in [-0.4, -0.2) is 15.9 Å². The van der Waals surface area contributed by atoms with Crippen LogP contribution in [0, 0.1) is 10.1 Å². The number of nitro groups is 1. The summed E-state index contributed by atoms with van der Waals surface area (Å²) >= 11 is 0. The van der Waals surface area contributed by atoms with E-state index in [0.29, 0.717) is 6.54 Å². The van der Waals surface area contributed by atoms with E-state index in [4.69, 9.17) is 0 Å². The number of hydrogen-bond acceptors (Lipinski definition) is 4. The second-order valence-corrected chi connectivity index (χ2v) is 5.69. The molecule has 1 aliphatic carbocycles. The Balaban J connectivity index is 1.78. The average Bonchev–Trinajstić information content (AvgIpc) is 3.37. The van der Waals surface area contributed by atoms with Crippen molar-refractivity contribution in [2.24, 2.45) is 0 Å². The monoisotopic (exact) mass is 337 g/mol. The third-order valence-corrected chi connectivity index (χ3v) is 3.87. The molecule has 0 saturated heterocycles. The number of benzene rings is 1. The molecule has 8 heteroatoms.